The summed E-state index contributed by atoms with van der Waals surface area (Å²) in [6.07, 6.45) is 14.2. The summed E-state index contributed by atoms with van der Waals surface area (Å²) < 4.78 is 0. The van der Waals surface area contributed by atoms with Crippen molar-refractivity contribution < 1.29 is 9.90 Å². The van der Waals surface area contributed by atoms with Gasteiger partial charge in [-0.25, -0.2) is 0 Å². The molecule has 156 valence electrons. The fraction of sp³-hybridized carbons (Fsp3) is 0.880. The second-order valence-corrected chi connectivity index (χ2v) is 11.4. The largest absolute Gasteiger partial charge is 0.390 e. The molecule has 5 rings (SSSR count). The van der Waals surface area contributed by atoms with E-state index in [0.717, 1.165) is 50.1 Å². The van der Waals surface area contributed by atoms with Gasteiger partial charge in [-0.1, -0.05) is 18.6 Å². The van der Waals surface area contributed by atoms with Gasteiger partial charge in [0.1, 0.15) is 5.78 Å². The van der Waals surface area contributed by atoms with Crippen molar-refractivity contribution >= 4 is 5.78 Å². The SMILES string of the molecule is CC1(O)CCC2C(=CCC3C2CCC2(C)C(C(=O)CN4CCCC4)CCC32)C1. The third-order valence-corrected chi connectivity index (χ3v) is 9.68. The third-order valence-electron chi connectivity index (χ3n) is 9.68. The minimum atomic E-state index is -0.487. The summed E-state index contributed by atoms with van der Waals surface area (Å²) in [5.74, 6) is 3.88. The van der Waals surface area contributed by atoms with E-state index in [1.54, 1.807) is 5.57 Å². The highest BCUT2D eigenvalue weighted by atomic mass is 16.3. The van der Waals surface area contributed by atoms with Crippen molar-refractivity contribution in [1.82, 2.24) is 4.90 Å². The average Bonchev–Trinajstić information content (AvgIpc) is 3.27. The Labute approximate surface area is 170 Å². The number of aliphatic hydroxyl groups is 1. The molecule has 28 heavy (non-hydrogen) atoms. The predicted octanol–water partition coefficient (Wildman–Crippen LogP) is 4.59. The van der Waals surface area contributed by atoms with Crippen molar-refractivity contribution in [3.8, 4) is 0 Å². The number of rotatable bonds is 3. The number of likely N-dealkylation sites (tertiary alicyclic amines) is 1. The lowest BCUT2D eigenvalue weighted by Crippen LogP contribution is -2.49. The first-order valence-corrected chi connectivity index (χ1v) is 12.0. The highest BCUT2D eigenvalue weighted by Gasteiger charge is 2.57. The fourth-order valence-electron chi connectivity index (χ4n) is 8.27. The molecule has 1 aliphatic heterocycles. The van der Waals surface area contributed by atoms with E-state index in [9.17, 15) is 9.90 Å². The number of Topliss-reactive ketones (excluding diaryl/α,β-unsaturated/α-hetero) is 1. The van der Waals surface area contributed by atoms with Crippen LogP contribution in [0.1, 0.15) is 78.1 Å². The van der Waals surface area contributed by atoms with Crippen molar-refractivity contribution in [2.75, 3.05) is 19.6 Å². The zero-order valence-electron chi connectivity index (χ0n) is 18.0. The van der Waals surface area contributed by atoms with E-state index < -0.39 is 5.60 Å². The van der Waals surface area contributed by atoms with Gasteiger partial charge in [0.2, 0.25) is 0 Å². The molecule has 7 atom stereocenters. The van der Waals surface area contributed by atoms with Crippen molar-refractivity contribution in [3.63, 3.8) is 0 Å². The third kappa shape index (κ3) is 3.12. The number of hydrogen-bond acceptors (Lipinski definition) is 3. The van der Waals surface area contributed by atoms with Gasteiger partial charge in [0, 0.05) is 5.92 Å². The van der Waals surface area contributed by atoms with E-state index in [0.29, 0.717) is 24.2 Å². The highest BCUT2D eigenvalue weighted by Crippen LogP contribution is 2.63. The lowest BCUT2D eigenvalue weighted by molar-refractivity contribution is -0.130. The van der Waals surface area contributed by atoms with Crippen LogP contribution in [0, 0.1) is 35.0 Å². The minimum absolute atomic E-state index is 0.240. The molecule has 0 amide bonds. The predicted molar refractivity (Wildman–Crippen MR) is 112 cm³/mol. The summed E-state index contributed by atoms with van der Waals surface area (Å²) >= 11 is 0. The van der Waals surface area contributed by atoms with Crippen LogP contribution >= 0.6 is 0 Å². The molecule has 3 heteroatoms. The zero-order valence-corrected chi connectivity index (χ0v) is 18.0. The Hall–Kier alpha value is -0.670. The van der Waals surface area contributed by atoms with Gasteiger partial charge in [0.05, 0.1) is 12.1 Å². The monoisotopic (exact) mass is 385 g/mol. The lowest BCUT2D eigenvalue weighted by Gasteiger charge is -2.54. The first kappa shape index (κ1) is 19.3. The molecule has 3 nitrogen and oxygen atoms in total. The maximum atomic E-state index is 13.2. The Kier molecular flexibility index (Phi) is 4.79. The Morgan fingerprint density at radius 3 is 2.68 bits per heavy atom. The molecule has 0 spiro atoms. The van der Waals surface area contributed by atoms with Crippen molar-refractivity contribution in [2.45, 2.75) is 83.7 Å². The van der Waals surface area contributed by atoms with E-state index >= 15 is 0 Å². The van der Waals surface area contributed by atoms with Crippen molar-refractivity contribution in [1.29, 1.82) is 0 Å². The van der Waals surface area contributed by atoms with Crippen LogP contribution in [0.2, 0.25) is 0 Å². The minimum Gasteiger partial charge on any atom is -0.390 e. The number of ketones is 1. The Morgan fingerprint density at radius 2 is 1.89 bits per heavy atom. The summed E-state index contributed by atoms with van der Waals surface area (Å²) in [6, 6.07) is 0. The van der Waals surface area contributed by atoms with Gasteiger partial charge < -0.3 is 5.11 Å². The molecule has 1 N–H and O–H groups in total. The summed E-state index contributed by atoms with van der Waals surface area (Å²) in [5, 5.41) is 10.5. The van der Waals surface area contributed by atoms with Gasteiger partial charge in [-0.2, -0.15) is 0 Å². The normalized spacial score (nSPS) is 48.5. The molecule has 4 fully saturated rings. The number of nitrogens with zero attached hydrogens (tertiary/aromatic N) is 1. The molecule has 5 aliphatic rings. The topological polar surface area (TPSA) is 40.5 Å². The summed E-state index contributed by atoms with van der Waals surface area (Å²) in [6.45, 7) is 7.45. The molecule has 0 aromatic heterocycles. The smallest absolute Gasteiger partial charge is 0.150 e. The number of fused-ring (bicyclic) bond motifs is 5. The van der Waals surface area contributed by atoms with E-state index in [1.807, 2.05) is 6.92 Å². The lowest BCUT2D eigenvalue weighted by atomic mass is 9.51. The molecule has 0 radical (unpaired) electrons. The molecule has 1 saturated heterocycles. The second kappa shape index (κ2) is 6.94. The first-order chi connectivity index (χ1) is 13.4. The molecule has 3 saturated carbocycles. The van der Waals surface area contributed by atoms with Crippen molar-refractivity contribution in [2.24, 2.45) is 35.0 Å². The Bertz CT molecular complexity index is 661. The molecule has 0 aromatic rings. The van der Waals surface area contributed by atoms with Gasteiger partial charge in [-0.3, -0.25) is 9.69 Å². The van der Waals surface area contributed by atoms with Gasteiger partial charge in [0.15, 0.2) is 0 Å². The Balaban J connectivity index is 1.32. The molecule has 1 heterocycles. The highest BCUT2D eigenvalue weighted by molar-refractivity contribution is 5.84. The summed E-state index contributed by atoms with van der Waals surface area (Å²) in [5.41, 5.74) is 1.31. The summed E-state index contributed by atoms with van der Waals surface area (Å²) in [7, 11) is 0. The standard InChI is InChI=1S/C25H39NO2/c1-24(28)11-9-18-17(15-24)5-6-20-19(18)10-12-25(2)21(20)7-8-22(25)23(27)16-26-13-3-4-14-26/h5,18-22,28H,3-4,6-16H2,1-2H3. The van der Waals surface area contributed by atoms with E-state index in [-0.39, 0.29) is 5.41 Å². The summed E-state index contributed by atoms with van der Waals surface area (Å²) in [4.78, 5) is 15.6. The Morgan fingerprint density at radius 1 is 1.11 bits per heavy atom. The maximum absolute atomic E-state index is 13.2. The van der Waals surface area contributed by atoms with Crippen LogP contribution in [0.4, 0.5) is 0 Å². The molecule has 4 aliphatic carbocycles. The van der Waals surface area contributed by atoms with E-state index in [4.69, 9.17) is 0 Å². The van der Waals surface area contributed by atoms with Crippen LogP contribution in [-0.2, 0) is 4.79 Å². The average molecular weight is 386 g/mol. The van der Waals surface area contributed by atoms with Gasteiger partial charge in [-0.05, 0) is 113 Å². The number of hydrogen-bond donors (Lipinski definition) is 1. The molecular weight excluding hydrogens is 346 g/mol. The fourth-order valence-corrected chi connectivity index (χ4v) is 8.27. The van der Waals surface area contributed by atoms with E-state index in [1.165, 1.54) is 44.9 Å². The van der Waals surface area contributed by atoms with Crippen LogP contribution in [-0.4, -0.2) is 41.0 Å². The van der Waals surface area contributed by atoms with Crippen molar-refractivity contribution in [3.05, 3.63) is 11.6 Å². The molecule has 0 aromatic carbocycles. The number of allylic oxidation sites excluding steroid dienone is 1. The van der Waals surface area contributed by atoms with Crippen LogP contribution in [0.5, 0.6) is 0 Å². The molecular formula is C25H39NO2. The van der Waals surface area contributed by atoms with Crippen LogP contribution in [0.3, 0.4) is 0 Å². The molecule has 7 unspecified atom stereocenters. The van der Waals surface area contributed by atoms with Crippen LogP contribution < -0.4 is 0 Å². The van der Waals surface area contributed by atoms with Crippen LogP contribution in [0.25, 0.3) is 0 Å². The number of carbonyl (C=O) groups excluding carboxylic acids is 1. The number of carbonyl (C=O) groups is 1. The van der Waals surface area contributed by atoms with Gasteiger partial charge >= 0.3 is 0 Å². The first-order valence-electron chi connectivity index (χ1n) is 12.0. The maximum Gasteiger partial charge on any atom is 0.150 e. The zero-order chi connectivity index (χ0) is 19.5. The second-order valence-electron chi connectivity index (χ2n) is 11.4. The van der Waals surface area contributed by atoms with E-state index in [2.05, 4.69) is 17.9 Å². The van der Waals surface area contributed by atoms with Gasteiger partial charge in [0.25, 0.3) is 0 Å². The van der Waals surface area contributed by atoms with Crippen LogP contribution in [0.15, 0.2) is 11.6 Å². The quantitative estimate of drug-likeness (QED) is 0.722. The molecule has 0 bridgehead atoms. The van der Waals surface area contributed by atoms with Gasteiger partial charge in [-0.15, -0.1) is 0 Å².